The molecule has 0 saturated carbocycles. The summed E-state index contributed by atoms with van der Waals surface area (Å²) in [7, 11) is 4.21. The number of halogens is 1. The Bertz CT molecular complexity index is 614. The zero-order valence-electron chi connectivity index (χ0n) is 11.9. The average Bonchev–Trinajstić information content (AvgIpc) is 2.47. The third kappa shape index (κ3) is 2.33. The van der Waals surface area contributed by atoms with Crippen molar-refractivity contribution < 1.29 is 4.39 Å². The van der Waals surface area contributed by atoms with Crippen LogP contribution in [0.5, 0.6) is 0 Å². The van der Waals surface area contributed by atoms with Crippen molar-refractivity contribution in [2.24, 2.45) is 0 Å². The summed E-state index contributed by atoms with van der Waals surface area (Å²) >= 11 is 0. The Morgan fingerprint density at radius 2 is 2.15 bits per heavy atom. The maximum atomic E-state index is 13.8. The van der Waals surface area contributed by atoms with Gasteiger partial charge in [0, 0.05) is 24.5 Å². The van der Waals surface area contributed by atoms with Crippen molar-refractivity contribution in [2.45, 2.75) is 18.9 Å². The summed E-state index contributed by atoms with van der Waals surface area (Å²) in [6.45, 7) is 1.89. The molecule has 4 nitrogen and oxygen atoms in total. The molecule has 1 saturated heterocycles. The van der Waals surface area contributed by atoms with Crippen molar-refractivity contribution >= 4 is 16.7 Å². The summed E-state index contributed by atoms with van der Waals surface area (Å²) in [6, 6.07) is 5.57. The first kappa shape index (κ1) is 13.2. The second kappa shape index (κ2) is 5.32. The number of nitrogens with zero attached hydrogens (tertiary/aromatic N) is 4. The molecule has 106 valence electrons. The standard InChI is InChI=1S/C15H19FN4/c1-19(2)11-5-4-8-20(9-11)15-12-6-3-7-13(16)14(12)17-10-18-15/h3,6-7,10-11H,4-5,8-9H2,1-2H3. The molecule has 1 atom stereocenters. The smallest absolute Gasteiger partial charge is 0.149 e. The highest BCUT2D eigenvalue weighted by Gasteiger charge is 2.23. The zero-order chi connectivity index (χ0) is 14.1. The Hall–Kier alpha value is -1.75. The van der Waals surface area contributed by atoms with E-state index in [1.807, 2.05) is 6.07 Å². The molecule has 0 bridgehead atoms. The number of para-hydroxylation sites is 1. The van der Waals surface area contributed by atoms with Gasteiger partial charge in [-0.05, 0) is 39.1 Å². The monoisotopic (exact) mass is 274 g/mol. The first-order valence-corrected chi connectivity index (χ1v) is 6.97. The number of benzene rings is 1. The highest BCUT2D eigenvalue weighted by molar-refractivity contribution is 5.89. The van der Waals surface area contributed by atoms with Crippen LogP contribution in [-0.2, 0) is 0 Å². The Morgan fingerprint density at radius 3 is 2.95 bits per heavy atom. The molecule has 3 rings (SSSR count). The lowest BCUT2D eigenvalue weighted by molar-refractivity contribution is 0.257. The predicted molar refractivity (Wildman–Crippen MR) is 78.4 cm³/mol. The van der Waals surface area contributed by atoms with Crippen LogP contribution in [0.15, 0.2) is 24.5 Å². The van der Waals surface area contributed by atoms with E-state index in [-0.39, 0.29) is 5.82 Å². The lowest BCUT2D eigenvalue weighted by atomic mass is 10.0. The fraction of sp³-hybridized carbons (Fsp3) is 0.467. The lowest BCUT2D eigenvalue weighted by Crippen LogP contribution is -2.45. The van der Waals surface area contributed by atoms with E-state index in [9.17, 15) is 4.39 Å². The first-order valence-electron chi connectivity index (χ1n) is 6.97. The third-order valence-electron chi connectivity index (χ3n) is 4.02. The van der Waals surface area contributed by atoms with Gasteiger partial charge in [0.1, 0.15) is 23.5 Å². The Morgan fingerprint density at radius 1 is 1.30 bits per heavy atom. The van der Waals surface area contributed by atoms with Crippen LogP contribution in [0, 0.1) is 5.82 Å². The van der Waals surface area contributed by atoms with Crippen LogP contribution >= 0.6 is 0 Å². The molecule has 5 heteroatoms. The number of anilines is 1. The number of likely N-dealkylation sites (N-methyl/N-ethyl adjacent to an activating group) is 1. The molecule has 0 amide bonds. The summed E-state index contributed by atoms with van der Waals surface area (Å²) in [5.41, 5.74) is 0.407. The maximum Gasteiger partial charge on any atom is 0.149 e. The van der Waals surface area contributed by atoms with Crippen LogP contribution in [0.1, 0.15) is 12.8 Å². The van der Waals surface area contributed by atoms with Crippen molar-refractivity contribution in [1.29, 1.82) is 0 Å². The van der Waals surface area contributed by atoms with Gasteiger partial charge in [-0.2, -0.15) is 0 Å². The van der Waals surface area contributed by atoms with Crippen molar-refractivity contribution in [3.8, 4) is 0 Å². The highest BCUT2D eigenvalue weighted by Crippen LogP contribution is 2.27. The quantitative estimate of drug-likeness (QED) is 0.841. The fourth-order valence-corrected chi connectivity index (χ4v) is 2.86. The molecule has 20 heavy (non-hydrogen) atoms. The SMILES string of the molecule is CN(C)C1CCCN(c2ncnc3c(F)cccc23)C1. The van der Waals surface area contributed by atoms with E-state index in [4.69, 9.17) is 0 Å². The van der Waals surface area contributed by atoms with E-state index in [0.717, 1.165) is 30.7 Å². The van der Waals surface area contributed by atoms with Gasteiger partial charge >= 0.3 is 0 Å². The van der Waals surface area contributed by atoms with Crippen LogP contribution in [-0.4, -0.2) is 48.1 Å². The van der Waals surface area contributed by atoms with Gasteiger partial charge in [-0.1, -0.05) is 6.07 Å². The van der Waals surface area contributed by atoms with Gasteiger partial charge < -0.3 is 9.80 Å². The fourth-order valence-electron chi connectivity index (χ4n) is 2.86. The van der Waals surface area contributed by atoms with Gasteiger partial charge in [0.15, 0.2) is 0 Å². The molecule has 1 aliphatic heterocycles. The molecule has 0 aliphatic carbocycles. The number of hydrogen-bond donors (Lipinski definition) is 0. The van der Waals surface area contributed by atoms with E-state index >= 15 is 0 Å². The molecule has 2 aromatic rings. The molecule has 0 radical (unpaired) electrons. The van der Waals surface area contributed by atoms with Crippen molar-refractivity contribution in [3.05, 3.63) is 30.3 Å². The van der Waals surface area contributed by atoms with E-state index < -0.39 is 0 Å². The minimum absolute atomic E-state index is 0.285. The van der Waals surface area contributed by atoms with Crippen LogP contribution in [0.3, 0.4) is 0 Å². The van der Waals surface area contributed by atoms with Gasteiger partial charge in [0.25, 0.3) is 0 Å². The average molecular weight is 274 g/mol. The summed E-state index contributed by atoms with van der Waals surface area (Å²) in [6.07, 6.45) is 3.78. The second-order valence-electron chi connectivity index (χ2n) is 5.54. The first-order chi connectivity index (χ1) is 9.66. The summed E-state index contributed by atoms with van der Waals surface area (Å²) in [4.78, 5) is 13.0. The Balaban J connectivity index is 2.00. The third-order valence-corrected chi connectivity index (χ3v) is 4.02. The molecule has 1 aromatic heterocycles. The Kier molecular flexibility index (Phi) is 3.53. The normalized spacial score (nSPS) is 19.8. The Labute approximate surface area is 118 Å². The maximum absolute atomic E-state index is 13.8. The summed E-state index contributed by atoms with van der Waals surface area (Å²) < 4.78 is 13.8. The predicted octanol–water partition coefficient (Wildman–Crippen LogP) is 2.30. The van der Waals surface area contributed by atoms with Crippen LogP contribution in [0.2, 0.25) is 0 Å². The van der Waals surface area contributed by atoms with E-state index in [0.29, 0.717) is 11.6 Å². The van der Waals surface area contributed by atoms with Gasteiger partial charge in [0.05, 0.1) is 0 Å². The molecule has 2 heterocycles. The van der Waals surface area contributed by atoms with Crippen molar-refractivity contribution in [2.75, 3.05) is 32.1 Å². The molecule has 1 aromatic carbocycles. The zero-order valence-corrected chi connectivity index (χ0v) is 11.9. The van der Waals surface area contributed by atoms with Crippen molar-refractivity contribution in [3.63, 3.8) is 0 Å². The second-order valence-corrected chi connectivity index (χ2v) is 5.54. The molecule has 1 fully saturated rings. The summed E-state index contributed by atoms with van der Waals surface area (Å²) in [5, 5.41) is 0.798. The van der Waals surface area contributed by atoms with E-state index in [2.05, 4.69) is 33.9 Å². The molecule has 0 N–H and O–H groups in total. The minimum Gasteiger partial charge on any atom is -0.354 e. The number of aromatic nitrogens is 2. The number of rotatable bonds is 2. The lowest BCUT2D eigenvalue weighted by Gasteiger charge is -2.37. The van der Waals surface area contributed by atoms with Gasteiger partial charge in [-0.3, -0.25) is 0 Å². The van der Waals surface area contributed by atoms with Crippen LogP contribution < -0.4 is 4.90 Å². The van der Waals surface area contributed by atoms with Gasteiger partial charge in [-0.25, -0.2) is 14.4 Å². The largest absolute Gasteiger partial charge is 0.354 e. The van der Waals surface area contributed by atoms with Gasteiger partial charge in [0.2, 0.25) is 0 Å². The molecule has 1 aliphatic rings. The number of piperidine rings is 1. The van der Waals surface area contributed by atoms with Crippen LogP contribution in [0.4, 0.5) is 10.2 Å². The molecule has 1 unspecified atom stereocenters. The van der Waals surface area contributed by atoms with Crippen LogP contribution in [0.25, 0.3) is 10.9 Å². The van der Waals surface area contributed by atoms with Crippen molar-refractivity contribution in [1.82, 2.24) is 14.9 Å². The topological polar surface area (TPSA) is 32.3 Å². The van der Waals surface area contributed by atoms with E-state index in [1.54, 1.807) is 6.07 Å². The van der Waals surface area contributed by atoms with E-state index in [1.165, 1.54) is 18.8 Å². The molecular weight excluding hydrogens is 255 g/mol. The highest BCUT2D eigenvalue weighted by atomic mass is 19.1. The van der Waals surface area contributed by atoms with Gasteiger partial charge in [-0.15, -0.1) is 0 Å². The number of hydrogen-bond acceptors (Lipinski definition) is 4. The summed E-state index contributed by atoms with van der Waals surface area (Å²) in [5.74, 6) is 0.563. The molecule has 0 spiro atoms. The minimum atomic E-state index is -0.285. The number of fused-ring (bicyclic) bond motifs is 1. The molecular formula is C15H19FN4.